The summed E-state index contributed by atoms with van der Waals surface area (Å²) in [5, 5.41) is 51.5. The summed E-state index contributed by atoms with van der Waals surface area (Å²) in [6.07, 6.45) is -1.84. The molecular weight excluding hydrogens is 240 g/mol. The van der Waals surface area contributed by atoms with Crippen molar-refractivity contribution in [2.24, 2.45) is 0 Å². The summed E-state index contributed by atoms with van der Waals surface area (Å²) in [6.45, 7) is 0. The van der Waals surface area contributed by atoms with E-state index in [0.29, 0.717) is 0 Å². The molecule has 0 heterocycles. The molecule has 0 saturated carbocycles. The summed E-state index contributed by atoms with van der Waals surface area (Å²) in [4.78, 5) is 20.2. The number of carboxylic acid groups (broad SMARTS) is 2. The van der Waals surface area contributed by atoms with Gasteiger partial charge in [0.05, 0.1) is 6.42 Å². The third kappa shape index (κ3) is 4.60. The van der Waals surface area contributed by atoms with Gasteiger partial charge in [-0.25, -0.2) is 4.79 Å². The summed E-state index contributed by atoms with van der Waals surface area (Å²) in [6, 6.07) is 0. The van der Waals surface area contributed by atoms with Crippen LogP contribution in [0, 0.1) is 0 Å². The van der Waals surface area contributed by atoms with Crippen LogP contribution in [0.25, 0.3) is 0 Å². The molecule has 8 nitrogen and oxygen atoms in total. The zero-order valence-electron chi connectivity index (χ0n) is 6.91. The molecule has 6 N–H and O–H groups in total. The second-order valence-corrected chi connectivity index (χ2v) is 2.69. The first kappa shape index (κ1) is 17.4. The van der Waals surface area contributed by atoms with Crippen molar-refractivity contribution in [3.63, 3.8) is 0 Å². The Balaban J connectivity index is 0. The van der Waals surface area contributed by atoms with Crippen LogP contribution in [-0.2, 0) is 9.59 Å². The first-order chi connectivity index (χ1) is 6.11. The van der Waals surface area contributed by atoms with Crippen LogP contribution in [0.3, 0.4) is 0 Å². The molecule has 15 heavy (non-hydrogen) atoms. The molecule has 0 fully saturated rings. The maximum absolute atomic E-state index is 10.1. The van der Waals surface area contributed by atoms with Gasteiger partial charge in [0, 0.05) is 6.42 Å². The van der Waals surface area contributed by atoms with Crippen molar-refractivity contribution < 1.29 is 40.2 Å². The fourth-order valence-electron chi connectivity index (χ4n) is 0.627. The van der Waals surface area contributed by atoms with Crippen LogP contribution in [0.15, 0.2) is 0 Å². The van der Waals surface area contributed by atoms with Crippen LogP contribution >= 0.6 is 0 Å². The molecule has 0 radical (unpaired) electrons. The average Bonchev–Trinajstić information content (AvgIpc) is 2.00. The van der Waals surface area contributed by atoms with Crippen LogP contribution in [0.1, 0.15) is 12.8 Å². The minimum absolute atomic E-state index is 0. The molecule has 0 rings (SSSR count). The first-order valence-corrected chi connectivity index (χ1v) is 3.46. The molecule has 0 saturated heterocycles. The van der Waals surface area contributed by atoms with Gasteiger partial charge in [0.2, 0.25) is 5.79 Å². The Hall–Kier alpha value is 0.0397. The summed E-state index contributed by atoms with van der Waals surface area (Å²) >= 11 is 0. The van der Waals surface area contributed by atoms with E-state index in [0.717, 1.165) is 0 Å². The van der Waals surface area contributed by atoms with Crippen LogP contribution in [0.5, 0.6) is 0 Å². The molecule has 0 aliphatic carbocycles. The van der Waals surface area contributed by atoms with Gasteiger partial charge < -0.3 is 30.6 Å². The fraction of sp³-hybridized carbons (Fsp3) is 0.667. The van der Waals surface area contributed by atoms with Crippen molar-refractivity contribution in [2.45, 2.75) is 24.4 Å². The third-order valence-electron chi connectivity index (χ3n) is 1.54. The van der Waals surface area contributed by atoms with E-state index in [9.17, 15) is 9.59 Å². The molecule has 0 atom stereocenters. The number of rotatable bonds is 5. The van der Waals surface area contributed by atoms with Crippen LogP contribution in [0.4, 0.5) is 0 Å². The van der Waals surface area contributed by atoms with Gasteiger partial charge in [0.15, 0.2) is 0 Å². The van der Waals surface area contributed by atoms with Crippen molar-refractivity contribution in [2.75, 3.05) is 0 Å². The minimum atomic E-state index is -3.80. The molecular formula is C6H12CaO8. The Labute approximate surface area is 114 Å². The second-order valence-electron chi connectivity index (χ2n) is 2.69. The van der Waals surface area contributed by atoms with E-state index >= 15 is 0 Å². The van der Waals surface area contributed by atoms with Crippen LogP contribution in [0.2, 0.25) is 0 Å². The number of carboxylic acids is 2. The normalized spacial score (nSPS) is 11.7. The van der Waals surface area contributed by atoms with Gasteiger partial charge in [-0.1, -0.05) is 0 Å². The average molecular weight is 252 g/mol. The molecule has 0 aromatic carbocycles. The predicted octanol–water partition coefficient (Wildman–Crippen LogP) is -3.62. The van der Waals surface area contributed by atoms with Gasteiger partial charge >= 0.3 is 55.5 Å². The topological polar surface area (TPSA) is 156 Å². The predicted molar refractivity (Wildman–Crippen MR) is 47.4 cm³/mol. The molecule has 0 aliphatic heterocycles. The number of hydrogen-bond acceptors (Lipinski definition) is 6. The van der Waals surface area contributed by atoms with E-state index in [1.165, 1.54) is 0 Å². The van der Waals surface area contributed by atoms with Crippen molar-refractivity contribution in [3.8, 4) is 0 Å². The van der Waals surface area contributed by atoms with Crippen molar-refractivity contribution >= 4 is 49.7 Å². The summed E-state index contributed by atoms with van der Waals surface area (Å²) in [5.41, 5.74) is 0. The Morgan fingerprint density at radius 1 is 1.00 bits per heavy atom. The van der Waals surface area contributed by atoms with E-state index in [1.807, 2.05) is 0 Å². The molecule has 0 bridgehead atoms. The molecule has 0 aliphatic rings. The van der Waals surface area contributed by atoms with Crippen molar-refractivity contribution in [1.29, 1.82) is 0 Å². The van der Waals surface area contributed by atoms with E-state index < -0.39 is 36.4 Å². The molecule has 9 heteroatoms. The first-order valence-electron chi connectivity index (χ1n) is 3.46. The summed E-state index contributed by atoms with van der Waals surface area (Å²) in [5.74, 6) is -10.9. The van der Waals surface area contributed by atoms with E-state index in [1.54, 1.807) is 0 Å². The Kier molecular flexibility index (Phi) is 6.91. The van der Waals surface area contributed by atoms with Crippen LogP contribution < -0.4 is 0 Å². The Bertz CT molecular complexity index is 248. The molecule has 0 spiro atoms. The zero-order chi connectivity index (χ0) is 11.6. The van der Waals surface area contributed by atoms with Gasteiger partial charge in [-0.2, -0.15) is 0 Å². The SMILES string of the molecule is O=C(O)CCC(O)(O)C(O)(O)C(=O)O.[CaH2]. The monoisotopic (exact) mass is 252 g/mol. The summed E-state index contributed by atoms with van der Waals surface area (Å²) < 4.78 is 0. The maximum atomic E-state index is 10.1. The molecule has 0 aromatic rings. The van der Waals surface area contributed by atoms with Gasteiger partial charge in [-0.15, -0.1) is 0 Å². The van der Waals surface area contributed by atoms with Gasteiger partial charge in [-0.05, 0) is 0 Å². The van der Waals surface area contributed by atoms with Gasteiger partial charge in [-0.3, -0.25) is 4.79 Å². The van der Waals surface area contributed by atoms with Crippen LogP contribution in [-0.4, -0.2) is 91.9 Å². The van der Waals surface area contributed by atoms with Gasteiger partial charge in [0.25, 0.3) is 0 Å². The molecule has 0 unspecified atom stereocenters. The van der Waals surface area contributed by atoms with Crippen molar-refractivity contribution in [3.05, 3.63) is 0 Å². The second kappa shape index (κ2) is 5.94. The molecule has 0 aromatic heterocycles. The summed E-state index contributed by atoms with van der Waals surface area (Å²) in [7, 11) is 0. The fourth-order valence-corrected chi connectivity index (χ4v) is 0.627. The number of aliphatic hydroxyl groups is 4. The number of carbonyl (C=O) groups is 2. The number of hydrogen-bond donors (Lipinski definition) is 6. The Morgan fingerprint density at radius 2 is 1.40 bits per heavy atom. The standard InChI is InChI=1S/C6H10O8.Ca.2H/c7-3(8)1-2-5(11,12)6(13,14)4(9)10;;;/h11-14H,1-2H2,(H,7,8)(H,9,10);;;. The van der Waals surface area contributed by atoms with E-state index in [2.05, 4.69) is 0 Å². The van der Waals surface area contributed by atoms with E-state index in [4.69, 9.17) is 30.6 Å². The van der Waals surface area contributed by atoms with Gasteiger partial charge in [0.1, 0.15) is 0 Å². The Morgan fingerprint density at radius 3 is 1.67 bits per heavy atom. The third-order valence-corrected chi connectivity index (χ3v) is 1.54. The molecule has 0 amide bonds. The quantitative estimate of drug-likeness (QED) is 0.216. The van der Waals surface area contributed by atoms with Crippen molar-refractivity contribution in [1.82, 2.24) is 0 Å². The number of aliphatic carboxylic acids is 2. The molecule has 86 valence electrons. The van der Waals surface area contributed by atoms with E-state index in [-0.39, 0.29) is 37.7 Å². The zero-order valence-corrected chi connectivity index (χ0v) is 6.91.